The van der Waals surface area contributed by atoms with Crippen molar-refractivity contribution >= 4 is 23.5 Å². The molecular formula is C29H22ClN3O3. The third-order valence-electron chi connectivity index (χ3n) is 7.11. The van der Waals surface area contributed by atoms with Crippen LogP contribution in [0.4, 0.5) is 0 Å². The lowest BCUT2D eigenvalue weighted by Gasteiger charge is -2.34. The number of Topliss-reactive ketones (excluding diaryl/α,β-unsaturated/α-hetero) is 1. The molecule has 6 nitrogen and oxygen atoms in total. The number of hydrogen-bond donors (Lipinski definition) is 0. The lowest BCUT2D eigenvalue weighted by atomic mass is 9.67. The third kappa shape index (κ3) is 3.42. The van der Waals surface area contributed by atoms with Crippen LogP contribution >= 0.6 is 11.6 Å². The normalized spacial score (nSPS) is 21.0. The van der Waals surface area contributed by atoms with Gasteiger partial charge in [0, 0.05) is 22.7 Å². The van der Waals surface area contributed by atoms with Crippen molar-refractivity contribution < 1.29 is 14.3 Å². The molecule has 5 rings (SSSR count). The molecule has 0 bridgehead atoms. The molecule has 1 saturated heterocycles. The predicted molar refractivity (Wildman–Crippen MR) is 136 cm³/mol. The first kappa shape index (κ1) is 23.5. The van der Waals surface area contributed by atoms with E-state index >= 15 is 0 Å². The van der Waals surface area contributed by atoms with E-state index in [1.165, 1.54) is 14.2 Å². The molecule has 2 aliphatic heterocycles. The van der Waals surface area contributed by atoms with Gasteiger partial charge in [0.2, 0.25) is 0 Å². The number of halogens is 1. The zero-order valence-electron chi connectivity index (χ0n) is 19.7. The van der Waals surface area contributed by atoms with Gasteiger partial charge in [0.25, 0.3) is 0 Å². The number of nitrogens with zero attached hydrogens (tertiary/aromatic N) is 3. The van der Waals surface area contributed by atoms with Gasteiger partial charge in [-0.15, -0.1) is 0 Å². The maximum absolute atomic E-state index is 14.2. The fraction of sp³-hybridized carbons (Fsp3) is 0.207. The van der Waals surface area contributed by atoms with E-state index in [1.807, 2.05) is 41.4 Å². The summed E-state index contributed by atoms with van der Waals surface area (Å²) in [5.74, 6) is -0.0430. The Hall–Kier alpha value is -4.26. The maximum Gasteiger partial charge on any atom is 0.186 e. The topological polar surface area (TPSA) is 86.3 Å². The molecule has 178 valence electrons. The van der Waals surface area contributed by atoms with Crippen molar-refractivity contribution in [3.8, 4) is 23.6 Å². The van der Waals surface area contributed by atoms with Crippen LogP contribution in [-0.2, 0) is 0 Å². The monoisotopic (exact) mass is 495 g/mol. The summed E-state index contributed by atoms with van der Waals surface area (Å²) in [7, 11) is 3.04. The minimum absolute atomic E-state index is 0.225. The van der Waals surface area contributed by atoms with E-state index in [9.17, 15) is 15.3 Å². The highest BCUT2D eigenvalue weighted by atomic mass is 35.5. The van der Waals surface area contributed by atoms with Gasteiger partial charge in [0.1, 0.15) is 6.04 Å². The lowest BCUT2D eigenvalue weighted by molar-refractivity contribution is 0.0874. The highest BCUT2D eigenvalue weighted by Gasteiger charge is 2.63. The van der Waals surface area contributed by atoms with E-state index in [0.29, 0.717) is 27.6 Å². The average molecular weight is 496 g/mol. The summed E-state index contributed by atoms with van der Waals surface area (Å²) < 4.78 is 10.8. The molecule has 0 aromatic heterocycles. The molecule has 3 atom stereocenters. The molecule has 2 heterocycles. The molecule has 36 heavy (non-hydrogen) atoms. The minimum Gasteiger partial charge on any atom is -0.493 e. The lowest BCUT2D eigenvalue weighted by Crippen LogP contribution is -2.37. The second-order valence-electron chi connectivity index (χ2n) is 8.80. The van der Waals surface area contributed by atoms with E-state index in [2.05, 4.69) is 12.1 Å². The minimum atomic E-state index is -1.54. The Bertz CT molecular complexity index is 1440. The number of benzene rings is 3. The van der Waals surface area contributed by atoms with Gasteiger partial charge < -0.3 is 14.4 Å². The van der Waals surface area contributed by atoms with Crippen molar-refractivity contribution in [2.45, 2.75) is 18.0 Å². The number of fused-ring (bicyclic) bond motifs is 3. The number of carbonyl (C=O) groups is 1. The summed E-state index contributed by atoms with van der Waals surface area (Å²) in [5.41, 5.74) is 1.31. The Balaban J connectivity index is 1.74. The number of carbonyl (C=O) groups excluding carboxylic acids is 1. The zero-order chi connectivity index (χ0) is 25.4. The van der Waals surface area contributed by atoms with Crippen molar-refractivity contribution in [2.75, 3.05) is 14.2 Å². The van der Waals surface area contributed by atoms with Gasteiger partial charge in [-0.2, -0.15) is 10.5 Å². The number of rotatable bonds is 5. The van der Waals surface area contributed by atoms with Gasteiger partial charge in [-0.05, 0) is 53.1 Å². The van der Waals surface area contributed by atoms with E-state index in [-0.39, 0.29) is 5.78 Å². The zero-order valence-corrected chi connectivity index (χ0v) is 20.4. The van der Waals surface area contributed by atoms with Crippen molar-refractivity contribution in [2.24, 2.45) is 5.41 Å². The Morgan fingerprint density at radius 2 is 1.67 bits per heavy atom. The molecule has 3 aromatic rings. The second kappa shape index (κ2) is 9.07. The van der Waals surface area contributed by atoms with Gasteiger partial charge in [-0.3, -0.25) is 4.79 Å². The molecule has 0 unspecified atom stereocenters. The van der Waals surface area contributed by atoms with E-state index in [4.69, 9.17) is 21.1 Å². The molecule has 0 N–H and O–H groups in total. The molecule has 0 saturated carbocycles. The molecule has 2 aliphatic rings. The number of nitriles is 2. The van der Waals surface area contributed by atoms with E-state index < -0.39 is 23.4 Å². The second-order valence-corrected chi connectivity index (χ2v) is 9.23. The first-order chi connectivity index (χ1) is 17.5. The Labute approximate surface area is 214 Å². The Morgan fingerprint density at radius 1 is 0.972 bits per heavy atom. The molecule has 7 heteroatoms. The highest BCUT2D eigenvalue weighted by molar-refractivity contribution is 6.30. The van der Waals surface area contributed by atoms with Crippen molar-refractivity contribution in [1.82, 2.24) is 4.90 Å². The first-order valence-electron chi connectivity index (χ1n) is 11.4. The first-order valence-corrected chi connectivity index (χ1v) is 11.8. The number of ketones is 1. The fourth-order valence-electron chi connectivity index (χ4n) is 5.50. The van der Waals surface area contributed by atoms with Crippen LogP contribution in [0.1, 0.15) is 39.0 Å². The molecule has 0 spiro atoms. The summed E-state index contributed by atoms with van der Waals surface area (Å²) in [6.45, 7) is 0. The maximum atomic E-state index is 14.2. The fourth-order valence-corrected chi connectivity index (χ4v) is 5.62. The molecule has 1 fully saturated rings. The number of ether oxygens (including phenoxy) is 2. The summed E-state index contributed by atoms with van der Waals surface area (Å²) in [4.78, 5) is 16.1. The van der Waals surface area contributed by atoms with Crippen LogP contribution in [0, 0.1) is 28.1 Å². The Morgan fingerprint density at radius 3 is 2.33 bits per heavy atom. The van der Waals surface area contributed by atoms with E-state index in [1.54, 1.807) is 42.5 Å². The highest BCUT2D eigenvalue weighted by Crippen LogP contribution is 2.60. The van der Waals surface area contributed by atoms with Crippen molar-refractivity contribution in [3.63, 3.8) is 0 Å². The summed E-state index contributed by atoms with van der Waals surface area (Å²) in [5, 5.41) is 21.7. The summed E-state index contributed by atoms with van der Waals surface area (Å²) >= 11 is 6.16. The predicted octanol–water partition coefficient (Wildman–Crippen LogP) is 5.77. The van der Waals surface area contributed by atoms with Gasteiger partial charge in [-0.25, -0.2) is 0 Å². The number of methoxy groups -OCH3 is 2. The Kier molecular flexibility index (Phi) is 5.92. The van der Waals surface area contributed by atoms with Gasteiger partial charge in [-0.1, -0.05) is 48.0 Å². The van der Waals surface area contributed by atoms with E-state index in [0.717, 1.165) is 11.1 Å². The molecule has 0 radical (unpaired) electrons. The van der Waals surface area contributed by atoms with Crippen LogP contribution < -0.4 is 9.47 Å². The molecular weight excluding hydrogens is 474 g/mol. The van der Waals surface area contributed by atoms with Crippen LogP contribution in [0.25, 0.3) is 6.08 Å². The summed E-state index contributed by atoms with van der Waals surface area (Å²) in [6, 6.07) is 22.9. The van der Waals surface area contributed by atoms with Crippen molar-refractivity contribution in [1.29, 1.82) is 10.5 Å². The number of hydrogen-bond acceptors (Lipinski definition) is 6. The van der Waals surface area contributed by atoms with Gasteiger partial charge >= 0.3 is 0 Å². The largest absolute Gasteiger partial charge is 0.493 e. The summed E-state index contributed by atoms with van der Waals surface area (Å²) in [6.07, 6.45) is 3.75. The standard InChI is InChI=1S/C29H22ClN3O3/c1-35-23-12-9-20(15-24(23)36-2)27(34)26-25(19-7-10-21(30)11-8-19)29(16-31,17-32)28-22-6-4-3-5-18(22)13-14-33(26)28/h3-15,25-26,28H,1-2H3/t25-,26+,28-/m0/s1. The quantitative estimate of drug-likeness (QED) is 0.418. The smallest absolute Gasteiger partial charge is 0.186 e. The van der Waals surface area contributed by atoms with Gasteiger partial charge in [0.05, 0.1) is 32.4 Å². The van der Waals surface area contributed by atoms with Crippen LogP contribution in [-0.4, -0.2) is 30.9 Å². The third-order valence-corrected chi connectivity index (χ3v) is 7.36. The van der Waals surface area contributed by atoms with Crippen molar-refractivity contribution in [3.05, 3.63) is 100 Å². The van der Waals surface area contributed by atoms with Crippen LogP contribution in [0.5, 0.6) is 11.5 Å². The average Bonchev–Trinajstić information content (AvgIpc) is 3.23. The van der Waals surface area contributed by atoms with Crippen LogP contribution in [0.3, 0.4) is 0 Å². The SMILES string of the molecule is COc1ccc(C(=O)[C@H]2[C@H](c3ccc(Cl)cc3)C(C#N)(C#N)[C@@H]3c4ccccc4C=CN32)cc1OC. The van der Waals surface area contributed by atoms with Gasteiger partial charge in [0.15, 0.2) is 22.7 Å². The van der Waals surface area contributed by atoms with Crippen LogP contribution in [0.2, 0.25) is 5.02 Å². The molecule has 0 aliphatic carbocycles. The molecule has 3 aromatic carbocycles. The van der Waals surface area contributed by atoms with Crippen LogP contribution in [0.15, 0.2) is 72.9 Å². The molecule has 0 amide bonds.